The van der Waals surface area contributed by atoms with Crippen molar-refractivity contribution in [2.24, 2.45) is 5.92 Å². The van der Waals surface area contributed by atoms with Crippen LogP contribution < -0.4 is 5.32 Å². The van der Waals surface area contributed by atoms with Crippen LogP contribution in [-0.4, -0.2) is 15.6 Å². The first-order valence-electron chi connectivity index (χ1n) is 7.53. The molecule has 0 atom stereocenters. The van der Waals surface area contributed by atoms with Gasteiger partial charge in [-0.2, -0.15) is 0 Å². The highest BCUT2D eigenvalue weighted by atomic mass is 15.2. The third kappa shape index (κ3) is 4.04. The van der Waals surface area contributed by atoms with Crippen molar-refractivity contribution in [3.8, 4) is 0 Å². The lowest BCUT2D eigenvalue weighted by molar-refractivity contribution is 0.464. The lowest BCUT2D eigenvalue weighted by atomic mass is 9.97. The van der Waals surface area contributed by atoms with Crippen molar-refractivity contribution in [1.82, 2.24) is 9.55 Å². The van der Waals surface area contributed by atoms with Gasteiger partial charge in [-0.3, -0.25) is 0 Å². The van der Waals surface area contributed by atoms with Gasteiger partial charge in [0.2, 0.25) is 5.95 Å². The smallest absolute Gasteiger partial charge is 0.202 e. The predicted octanol–water partition coefficient (Wildman–Crippen LogP) is 4.06. The Morgan fingerprint density at radius 3 is 2.56 bits per heavy atom. The summed E-state index contributed by atoms with van der Waals surface area (Å²) >= 11 is 0. The highest BCUT2D eigenvalue weighted by Gasteiger charge is 2.13. The molecule has 1 aliphatic carbocycles. The van der Waals surface area contributed by atoms with Gasteiger partial charge in [0.15, 0.2) is 0 Å². The molecule has 1 aromatic heterocycles. The van der Waals surface area contributed by atoms with E-state index in [4.69, 9.17) is 0 Å². The van der Waals surface area contributed by atoms with Gasteiger partial charge in [-0.05, 0) is 18.8 Å². The van der Waals surface area contributed by atoms with Crippen LogP contribution in [0.3, 0.4) is 0 Å². The van der Waals surface area contributed by atoms with E-state index < -0.39 is 0 Å². The van der Waals surface area contributed by atoms with Crippen molar-refractivity contribution in [2.75, 3.05) is 5.32 Å². The number of anilines is 1. The van der Waals surface area contributed by atoms with E-state index >= 15 is 0 Å². The second-order valence-corrected chi connectivity index (χ2v) is 5.98. The Hall–Kier alpha value is -0.990. The predicted molar refractivity (Wildman–Crippen MR) is 76.8 cm³/mol. The van der Waals surface area contributed by atoms with Gasteiger partial charge in [0.05, 0.1) is 0 Å². The average molecular weight is 249 g/mol. The molecular weight excluding hydrogens is 222 g/mol. The second kappa shape index (κ2) is 6.81. The number of rotatable bonds is 4. The standard InChI is InChI=1S/C15H27N3/c1-13(2)12-18-11-10-16-15(18)17-14-8-6-4-3-5-7-9-14/h10-11,13-14H,3-9,12H2,1-2H3,(H,16,17). The second-order valence-electron chi connectivity index (χ2n) is 5.98. The summed E-state index contributed by atoms with van der Waals surface area (Å²) < 4.78 is 2.25. The maximum absolute atomic E-state index is 4.47. The van der Waals surface area contributed by atoms with Crippen LogP contribution in [0.4, 0.5) is 5.95 Å². The molecule has 0 amide bonds. The summed E-state index contributed by atoms with van der Waals surface area (Å²) in [5.41, 5.74) is 0. The van der Waals surface area contributed by atoms with Crippen molar-refractivity contribution in [1.29, 1.82) is 0 Å². The summed E-state index contributed by atoms with van der Waals surface area (Å²) in [4.78, 5) is 4.47. The number of nitrogens with one attached hydrogen (secondary N) is 1. The fourth-order valence-corrected chi connectivity index (χ4v) is 2.77. The SMILES string of the molecule is CC(C)Cn1ccnc1NC1CCCCCCC1. The van der Waals surface area contributed by atoms with E-state index in [1.54, 1.807) is 0 Å². The van der Waals surface area contributed by atoms with E-state index in [-0.39, 0.29) is 0 Å². The lowest BCUT2D eigenvalue weighted by Crippen LogP contribution is -2.23. The molecule has 1 heterocycles. The van der Waals surface area contributed by atoms with Crippen LogP contribution in [0.2, 0.25) is 0 Å². The maximum atomic E-state index is 4.47. The highest BCUT2D eigenvalue weighted by Crippen LogP contribution is 2.20. The minimum absolute atomic E-state index is 0.624. The molecule has 1 aromatic rings. The number of nitrogens with zero attached hydrogens (tertiary/aromatic N) is 2. The maximum Gasteiger partial charge on any atom is 0.202 e. The first kappa shape index (κ1) is 13.4. The minimum atomic E-state index is 0.624. The summed E-state index contributed by atoms with van der Waals surface area (Å²) in [7, 11) is 0. The van der Waals surface area contributed by atoms with E-state index in [0.717, 1.165) is 12.5 Å². The van der Waals surface area contributed by atoms with Crippen LogP contribution >= 0.6 is 0 Å². The van der Waals surface area contributed by atoms with Gasteiger partial charge >= 0.3 is 0 Å². The largest absolute Gasteiger partial charge is 0.353 e. The Bertz CT molecular complexity index is 335. The zero-order valence-corrected chi connectivity index (χ0v) is 11.9. The van der Waals surface area contributed by atoms with E-state index in [2.05, 4.69) is 34.9 Å². The van der Waals surface area contributed by atoms with Gasteiger partial charge in [-0.25, -0.2) is 4.98 Å². The molecule has 0 unspecified atom stereocenters. The minimum Gasteiger partial charge on any atom is -0.353 e. The fourth-order valence-electron chi connectivity index (χ4n) is 2.77. The van der Waals surface area contributed by atoms with Crippen molar-refractivity contribution in [3.05, 3.63) is 12.4 Å². The van der Waals surface area contributed by atoms with Crippen molar-refractivity contribution < 1.29 is 0 Å². The first-order chi connectivity index (χ1) is 8.75. The number of aromatic nitrogens is 2. The zero-order valence-electron chi connectivity index (χ0n) is 11.9. The average Bonchev–Trinajstić information content (AvgIpc) is 2.68. The van der Waals surface area contributed by atoms with Crippen molar-refractivity contribution in [2.45, 2.75) is 71.4 Å². The molecule has 2 rings (SSSR count). The summed E-state index contributed by atoms with van der Waals surface area (Å²) in [6.45, 7) is 5.55. The van der Waals surface area contributed by atoms with E-state index in [1.807, 2.05) is 6.20 Å². The summed E-state index contributed by atoms with van der Waals surface area (Å²) in [6, 6.07) is 0.624. The molecule has 0 aromatic carbocycles. The Morgan fingerprint density at radius 1 is 1.22 bits per heavy atom. The topological polar surface area (TPSA) is 29.9 Å². The van der Waals surface area contributed by atoms with Crippen LogP contribution in [0.5, 0.6) is 0 Å². The quantitative estimate of drug-likeness (QED) is 0.872. The molecule has 102 valence electrons. The Balaban J connectivity index is 1.92. The van der Waals surface area contributed by atoms with E-state index in [9.17, 15) is 0 Å². The van der Waals surface area contributed by atoms with Gasteiger partial charge in [0.25, 0.3) is 0 Å². The van der Waals surface area contributed by atoms with Crippen LogP contribution in [-0.2, 0) is 6.54 Å². The Kier molecular flexibility index (Phi) is 5.09. The van der Waals surface area contributed by atoms with Crippen LogP contribution in [0, 0.1) is 5.92 Å². The monoisotopic (exact) mass is 249 g/mol. The Morgan fingerprint density at radius 2 is 1.89 bits per heavy atom. The van der Waals surface area contributed by atoms with Crippen LogP contribution in [0.25, 0.3) is 0 Å². The summed E-state index contributed by atoms with van der Waals surface area (Å²) in [6.07, 6.45) is 13.6. The van der Waals surface area contributed by atoms with Gasteiger partial charge in [0, 0.05) is 25.0 Å². The van der Waals surface area contributed by atoms with Gasteiger partial charge in [0.1, 0.15) is 0 Å². The van der Waals surface area contributed by atoms with Crippen molar-refractivity contribution >= 4 is 5.95 Å². The molecule has 1 aliphatic rings. The molecule has 3 nitrogen and oxygen atoms in total. The molecule has 1 N–H and O–H groups in total. The summed E-state index contributed by atoms with van der Waals surface area (Å²) in [5.74, 6) is 1.73. The third-order valence-corrected chi connectivity index (χ3v) is 3.72. The molecular formula is C15H27N3. The lowest BCUT2D eigenvalue weighted by Gasteiger charge is -2.22. The molecule has 1 fully saturated rings. The molecule has 0 bridgehead atoms. The molecule has 1 saturated carbocycles. The molecule has 0 spiro atoms. The normalized spacial score (nSPS) is 18.6. The van der Waals surface area contributed by atoms with Gasteiger partial charge < -0.3 is 9.88 Å². The third-order valence-electron chi connectivity index (χ3n) is 3.72. The molecule has 0 saturated heterocycles. The number of hydrogen-bond acceptors (Lipinski definition) is 2. The van der Waals surface area contributed by atoms with E-state index in [0.29, 0.717) is 12.0 Å². The Labute approximate surface area is 111 Å². The van der Waals surface area contributed by atoms with Gasteiger partial charge in [-0.15, -0.1) is 0 Å². The molecule has 0 radical (unpaired) electrons. The van der Waals surface area contributed by atoms with Crippen molar-refractivity contribution in [3.63, 3.8) is 0 Å². The molecule has 18 heavy (non-hydrogen) atoms. The van der Waals surface area contributed by atoms with Crippen LogP contribution in [0.1, 0.15) is 58.8 Å². The summed E-state index contributed by atoms with van der Waals surface area (Å²) in [5, 5.41) is 3.65. The fraction of sp³-hybridized carbons (Fsp3) is 0.800. The van der Waals surface area contributed by atoms with Gasteiger partial charge in [-0.1, -0.05) is 46.0 Å². The number of hydrogen-bond donors (Lipinski definition) is 1. The molecule has 0 aliphatic heterocycles. The molecule has 3 heteroatoms. The first-order valence-corrected chi connectivity index (χ1v) is 7.53. The highest BCUT2D eigenvalue weighted by molar-refractivity contribution is 5.27. The van der Waals surface area contributed by atoms with E-state index in [1.165, 1.54) is 44.9 Å². The van der Waals surface area contributed by atoms with Crippen LogP contribution in [0.15, 0.2) is 12.4 Å². The zero-order chi connectivity index (χ0) is 12.8. The number of imidazole rings is 1.